The fraction of sp³-hybridized carbons (Fsp3) is 0.438. The van der Waals surface area contributed by atoms with Crippen LogP contribution in [0.15, 0.2) is 28.8 Å². The Morgan fingerprint density at radius 3 is 2.81 bits per heavy atom. The number of ether oxygens (including phenoxy) is 1. The molecule has 5 nitrogen and oxygen atoms in total. The topological polar surface area (TPSA) is 65.2 Å². The zero-order valence-corrected chi connectivity index (χ0v) is 12.6. The summed E-state index contributed by atoms with van der Waals surface area (Å²) in [6.07, 6.45) is 0.704. The second kappa shape index (κ2) is 7.02. The van der Waals surface area contributed by atoms with Gasteiger partial charge in [0, 0.05) is 6.42 Å². The molecular formula is C16H20N2O3. The maximum absolute atomic E-state index is 11.8. The summed E-state index contributed by atoms with van der Waals surface area (Å²) in [4.78, 5) is 16.1. The Morgan fingerprint density at radius 1 is 1.33 bits per heavy atom. The average molecular weight is 288 g/mol. The van der Waals surface area contributed by atoms with Gasteiger partial charge in [-0.25, -0.2) is 0 Å². The standard InChI is InChI=1S/C16H20N2O3/c1-4-20-14-8-6-5-7-13(14)16-17-15(21-18-16)10-12(19)9-11(2)3/h5-8,11H,4,9-10H2,1-3H3. The van der Waals surface area contributed by atoms with Crippen molar-refractivity contribution in [1.82, 2.24) is 10.1 Å². The highest BCUT2D eigenvalue weighted by Gasteiger charge is 2.15. The minimum absolute atomic E-state index is 0.110. The van der Waals surface area contributed by atoms with Crippen molar-refractivity contribution in [2.24, 2.45) is 5.92 Å². The summed E-state index contributed by atoms with van der Waals surface area (Å²) >= 11 is 0. The number of hydrogen-bond acceptors (Lipinski definition) is 5. The van der Waals surface area contributed by atoms with Crippen LogP contribution in [0.4, 0.5) is 0 Å². The molecule has 0 N–H and O–H groups in total. The van der Waals surface area contributed by atoms with Gasteiger partial charge in [-0.05, 0) is 25.0 Å². The molecule has 0 aliphatic carbocycles. The van der Waals surface area contributed by atoms with Crippen LogP contribution in [0.3, 0.4) is 0 Å². The highest BCUT2D eigenvalue weighted by molar-refractivity contribution is 5.80. The predicted octanol–water partition coefficient (Wildman–Crippen LogP) is 3.29. The summed E-state index contributed by atoms with van der Waals surface area (Å²) < 4.78 is 10.7. The lowest BCUT2D eigenvalue weighted by Crippen LogP contribution is -2.06. The summed E-state index contributed by atoms with van der Waals surface area (Å²) in [5.41, 5.74) is 0.769. The Kier molecular flexibility index (Phi) is 5.09. The van der Waals surface area contributed by atoms with E-state index in [2.05, 4.69) is 10.1 Å². The van der Waals surface area contributed by atoms with Crippen LogP contribution < -0.4 is 4.74 Å². The fourth-order valence-electron chi connectivity index (χ4n) is 2.06. The lowest BCUT2D eigenvalue weighted by atomic mass is 10.1. The third-order valence-electron chi connectivity index (χ3n) is 2.88. The van der Waals surface area contributed by atoms with Crippen molar-refractivity contribution in [3.8, 4) is 17.1 Å². The maximum Gasteiger partial charge on any atom is 0.234 e. The molecule has 112 valence electrons. The molecule has 1 aromatic carbocycles. The van der Waals surface area contributed by atoms with E-state index in [1.54, 1.807) is 0 Å². The Balaban J connectivity index is 2.15. The van der Waals surface area contributed by atoms with Crippen molar-refractivity contribution in [3.63, 3.8) is 0 Å². The van der Waals surface area contributed by atoms with E-state index in [0.717, 1.165) is 5.56 Å². The molecule has 5 heteroatoms. The van der Waals surface area contributed by atoms with Crippen LogP contribution in [-0.2, 0) is 11.2 Å². The van der Waals surface area contributed by atoms with Crippen LogP contribution in [0.1, 0.15) is 33.1 Å². The van der Waals surface area contributed by atoms with E-state index >= 15 is 0 Å². The number of ketones is 1. The van der Waals surface area contributed by atoms with E-state index in [1.807, 2.05) is 45.0 Å². The van der Waals surface area contributed by atoms with Crippen LogP contribution in [0.25, 0.3) is 11.4 Å². The number of aromatic nitrogens is 2. The van der Waals surface area contributed by atoms with Gasteiger partial charge in [-0.1, -0.05) is 31.1 Å². The summed E-state index contributed by atoms with van der Waals surface area (Å²) in [6.45, 7) is 6.50. The van der Waals surface area contributed by atoms with Gasteiger partial charge >= 0.3 is 0 Å². The van der Waals surface area contributed by atoms with Crippen molar-refractivity contribution in [1.29, 1.82) is 0 Å². The van der Waals surface area contributed by atoms with E-state index < -0.39 is 0 Å². The van der Waals surface area contributed by atoms with Crippen LogP contribution in [-0.4, -0.2) is 22.5 Å². The highest BCUT2D eigenvalue weighted by atomic mass is 16.5. The normalized spacial score (nSPS) is 10.9. The lowest BCUT2D eigenvalue weighted by Gasteiger charge is -2.06. The van der Waals surface area contributed by atoms with Gasteiger partial charge in [-0.15, -0.1) is 0 Å². The van der Waals surface area contributed by atoms with Gasteiger partial charge in [0.15, 0.2) is 0 Å². The Labute approximate surface area is 124 Å². The van der Waals surface area contributed by atoms with Crippen LogP contribution in [0.5, 0.6) is 5.75 Å². The van der Waals surface area contributed by atoms with Gasteiger partial charge < -0.3 is 9.26 Å². The number of nitrogens with zero attached hydrogens (tertiary/aromatic N) is 2. The minimum atomic E-state index is 0.110. The largest absolute Gasteiger partial charge is 0.493 e. The van der Waals surface area contributed by atoms with Gasteiger partial charge in [-0.3, -0.25) is 4.79 Å². The second-order valence-corrected chi connectivity index (χ2v) is 5.25. The summed E-state index contributed by atoms with van der Waals surface area (Å²) in [5, 5.41) is 3.94. The smallest absolute Gasteiger partial charge is 0.234 e. The van der Waals surface area contributed by atoms with Gasteiger partial charge in [-0.2, -0.15) is 4.98 Å². The number of hydrogen-bond donors (Lipinski definition) is 0. The molecular weight excluding hydrogens is 268 g/mol. The van der Waals surface area contributed by atoms with E-state index in [-0.39, 0.29) is 12.2 Å². The third kappa shape index (κ3) is 4.15. The molecule has 0 saturated carbocycles. The van der Waals surface area contributed by atoms with Crippen LogP contribution >= 0.6 is 0 Å². The average Bonchev–Trinajstić information content (AvgIpc) is 2.87. The number of carbonyl (C=O) groups excluding carboxylic acids is 1. The molecule has 2 rings (SSSR count). The van der Waals surface area contributed by atoms with Gasteiger partial charge in [0.25, 0.3) is 0 Å². The Morgan fingerprint density at radius 2 is 2.10 bits per heavy atom. The molecule has 0 atom stereocenters. The molecule has 0 aliphatic rings. The van der Waals surface area contributed by atoms with Crippen molar-refractivity contribution in [3.05, 3.63) is 30.2 Å². The maximum atomic E-state index is 11.8. The van der Waals surface area contributed by atoms with Crippen molar-refractivity contribution >= 4 is 5.78 Å². The summed E-state index contributed by atoms with van der Waals surface area (Å²) in [6, 6.07) is 7.51. The van der Waals surface area contributed by atoms with Crippen molar-refractivity contribution in [2.45, 2.75) is 33.6 Å². The molecule has 2 aromatic rings. The first kappa shape index (κ1) is 15.2. The van der Waals surface area contributed by atoms with E-state index in [0.29, 0.717) is 36.4 Å². The van der Waals surface area contributed by atoms with Crippen molar-refractivity contribution in [2.75, 3.05) is 6.61 Å². The number of Topliss-reactive ketones (excluding diaryl/α,β-unsaturated/α-hetero) is 1. The lowest BCUT2D eigenvalue weighted by molar-refractivity contribution is -0.119. The molecule has 0 amide bonds. The van der Waals surface area contributed by atoms with E-state index in [9.17, 15) is 4.79 Å². The minimum Gasteiger partial charge on any atom is -0.493 e. The monoisotopic (exact) mass is 288 g/mol. The first-order valence-corrected chi connectivity index (χ1v) is 7.16. The second-order valence-electron chi connectivity index (χ2n) is 5.25. The molecule has 0 bridgehead atoms. The number of carbonyl (C=O) groups is 1. The Hall–Kier alpha value is -2.17. The summed E-state index contributed by atoms with van der Waals surface area (Å²) in [7, 11) is 0. The molecule has 0 saturated heterocycles. The van der Waals surface area contributed by atoms with Crippen LogP contribution in [0.2, 0.25) is 0 Å². The predicted molar refractivity (Wildman–Crippen MR) is 79.1 cm³/mol. The van der Waals surface area contributed by atoms with E-state index in [4.69, 9.17) is 9.26 Å². The molecule has 21 heavy (non-hydrogen) atoms. The highest BCUT2D eigenvalue weighted by Crippen LogP contribution is 2.27. The molecule has 0 fully saturated rings. The molecule has 0 radical (unpaired) electrons. The van der Waals surface area contributed by atoms with Gasteiger partial charge in [0.2, 0.25) is 11.7 Å². The number of rotatable bonds is 7. The van der Waals surface area contributed by atoms with Crippen molar-refractivity contribution < 1.29 is 14.1 Å². The first-order chi connectivity index (χ1) is 10.1. The molecule has 0 unspecified atom stereocenters. The van der Waals surface area contributed by atoms with E-state index in [1.165, 1.54) is 0 Å². The summed E-state index contributed by atoms with van der Waals surface area (Å²) in [5.74, 6) is 1.95. The zero-order valence-electron chi connectivity index (χ0n) is 12.6. The van der Waals surface area contributed by atoms with Gasteiger partial charge in [0.1, 0.15) is 11.5 Å². The zero-order chi connectivity index (χ0) is 15.2. The Bertz CT molecular complexity index is 605. The number of para-hydroxylation sites is 1. The van der Waals surface area contributed by atoms with Gasteiger partial charge in [0.05, 0.1) is 18.6 Å². The molecule has 0 spiro atoms. The molecule has 0 aliphatic heterocycles. The third-order valence-corrected chi connectivity index (χ3v) is 2.88. The SMILES string of the molecule is CCOc1ccccc1-c1noc(CC(=O)CC(C)C)n1. The first-order valence-electron chi connectivity index (χ1n) is 7.16. The molecule has 1 aromatic heterocycles. The van der Waals surface area contributed by atoms with Crippen LogP contribution in [0, 0.1) is 5.92 Å². The number of benzene rings is 1. The quantitative estimate of drug-likeness (QED) is 0.782. The fourth-order valence-corrected chi connectivity index (χ4v) is 2.06. The molecule has 1 heterocycles.